The largest absolute Gasteiger partial charge is 0.497 e. The van der Waals surface area contributed by atoms with Crippen LogP contribution in [0.5, 0.6) is 5.75 Å². The topological polar surface area (TPSA) is 49.9 Å². The first-order valence-corrected chi connectivity index (χ1v) is 7.57. The van der Waals surface area contributed by atoms with Crippen LogP contribution in [0.15, 0.2) is 60.8 Å². The zero-order chi connectivity index (χ0) is 15.6. The van der Waals surface area contributed by atoms with E-state index >= 15 is 0 Å². The number of anilines is 1. The SMILES string of the molecule is COc1cccc(CNc2nccc3c2[nH]c2ccccc23)c1. The number of hydrogen-bond donors (Lipinski definition) is 2. The Morgan fingerprint density at radius 2 is 1.96 bits per heavy atom. The highest BCUT2D eigenvalue weighted by Gasteiger charge is 2.08. The first-order chi connectivity index (χ1) is 11.3. The Balaban J connectivity index is 1.68. The Kier molecular flexibility index (Phi) is 3.35. The standard InChI is InChI=1S/C19H17N3O/c1-23-14-6-4-5-13(11-14)12-21-19-18-16(9-10-20-19)15-7-2-3-8-17(15)22-18/h2-11,22H,12H2,1H3,(H,20,21). The van der Waals surface area contributed by atoms with Gasteiger partial charge in [0.2, 0.25) is 0 Å². The van der Waals surface area contributed by atoms with E-state index in [4.69, 9.17) is 4.74 Å². The van der Waals surface area contributed by atoms with Crippen LogP contribution in [0, 0.1) is 0 Å². The lowest BCUT2D eigenvalue weighted by Gasteiger charge is -2.08. The second-order valence-corrected chi connectivity index (χ2v) is 5.46. The average Bonchev–Trinajstić information content (AvgIpc) is 2.99. The van der Waals surface area contributed by atoms with Gasteiger partial charge in [0.25, 0.3) is 0 Å². The minimum Gasteiger partial charge on any atom is -0.497 e. The van der Waals surface area contributed by atoms with Gasteiger partial charge in [-0.2, -0.15) is 0 Å². The van der Waals surface area contributed by atoms with Gasteiger partial charge in [0.1, 0.15) is 5.75 Å². The van der Waals surface area contributed by atoms with Crippen LogP contribution < -0.4 is 10.1 Å². The van der Waals surface area contributed by atoms with Crippen LogP contribution in [0.1, 0.15) is 5.56 Å². The predicted molar refractivity (Wildman–Crippen MR) is 93.9 cm³/mol. The number of hydrogen-bond acceptors (Lipinski definition) is 3. The van der Waals surface area contributed by atoms with Crippen molar-refractivity contribution in [2.75, 3.05) is 12.4 Å². The molecule has 0 fully saturated rings. The summed E-state index contributed by atoms with van der Waals surface area (Å²) in [6, 6.07) is 18.4. The third kappa shape index (κ3) is 2.48. The van der Waals surface area contributed by atoms with Crippen molar-refractivity contribution in [2.45, 2.75) is 6.54 Å². The van der Waals surface area contributed by atoms with Crippen molar-refractivity contribution < 1.29 is 4.74 Å². The van der Waals surface area contributed by atoms with Crippen LogP contribution in [0.25, 0.3) is 21.8 Å². The molecule has 2 aromatic heterocycles. The van der Waals surface area contributed by atoms with Crippen LogP contribution in [-0.4, -0.2) is 17.1 Å². The van der Waals surface area contributed by atoms with E-state index < -0.39 is 0 Å². The number of ether oxygens (including phenoxy) is 1. The third-order valence-electron chi connectivity index (χ3n) is 4.02. The van der Waals surface area contributed by atoms with E-state index in [1.807, 2.05) is 36.5 Å². The van der Waals surface area contributed by atoms with E-state index in [0.717, 1.165) is 28.2 Å². The highest BCUT2D eigenvalue weighted by molar-refractivity contribution is 6.10. The monoisotopic (exact) mass is 303 g/mol. The van der Waals surface area contributed by atoms with Gasteiger partial charge in [0.05, 0.1) is 12.6 Å². The summed E-state index contributed by atoms with van der Waals surface area (Å²) >= 11 is 0. The lowest BCUT2D eigenvalue weighted by molar-refractivity contribution is 0.414. The first-order valence-electron chi connectivity index (χ1n) is 7.57. The summed E-state index contributed by atoms with van der Waals surface area (Å²) in [5, 5.41) is 5.82. The molecular formula is C19H17N3O. The number of benzene rings is 2. The maximum Gasteiger partial charge on any atom is 0.150 e. The molecule has 0 unspecified atom stereocenters. The molecule has 23 heavy (non-hydrogen) atoms. The molecule has 0 amide bonds. The number of H-pyrrole nitrogens is 1. The molecule has 0 aliphatic carbocycles. The van der Waals surface area contributed by atoms with Crippen LogP contribution in [0.2, 0.25) is 0 Å². The number of aromatic amines is 1. The summed E-state index contributed by atoms with van der Waals surface area (Å²) in [5.41, 5.74) is 3.32. The minimum absolute atomic E-state index is 0.693. The van der Waals surface area contributed by atoms with E-state index in [-0.39, 0.29) is 0 Å². The van der Waals surface area contributed by atoms with Gasteiger partial charge in [0, 0.05) is 29.0 Å². The molecule has 0 bridgehead atoms. The molecule has 0 aliphatic heterocycles. The maximum atomic E-state index is 5.27. The molecule has 2 heterocycles. The van der Waals surface area contributed by atoms with E-state index in [9.17, 15) is 0 Å². The summed E-state index contributed by atoms with van der Waals surface area (Å²) in [6.07, 6.45) is 1.84. The van der Waals surface area contributed by atoms with Crippen molar-refractivity contribution in [3.05, 3.63) is 66.4 Å². The molecule has 0 spiro atoms. The summed E-state index contributed by atoms with van der Waals surface area (Å²) < 4.78 is 5.27. The Bertz CT molecular complexity index is 975. The van der Waals surface area contributed by atoms with E-state index in [1.165, 1.54) is 10.8 Å². The number of fused-ring (bicyclic) bond motifs is 3. The van der Waals surface area contributed by atoms with Gasteiger partial charge >= 0.3 is 0 Å². The van der Waals surface area contributed by atoms with Gasteiger partial charge < -0.3 is 15.0 Å². The van der Waals surface area contributed by atoms with Crippen molar-refractivity contribution in [3.63, 3.8) is 0 Å². The summed E-state index contributed by atoms with van der Waals surface area (Å²) in [4.78, 5) is 7.94. The molecule has 4 aromatic rings. The number of nitrogens with zero attached hydrogens (tertiary/aromatic N) is 1. The number of pyridine rings is 1. The highest BCUT2D eigenvalue weighted by atomic mass is 16.5. The fraction of sp³-hybridized carbons (Fsp3) is 0.105. The fourth-order valence-electron chi connectivity index (χ4n) is 2.88. The zero-order valence-electron chi connectivity index (χ0n) is 12.8. The Hall–Kier alpha value is -3.01. The van der Waals surface area contributed by atoms with Gasteiger partial charge in [-0.25, -0.2) is 4.98 Å². The van der Waals surface area contributed by atoms with Gasteiger partial charge in [-0.1, -0.05) is 30.3 Å². The molecule has 4 rings (SSSR count). The molecule has 2 aromatic carbocycles. The molecule has 0 atom stereocenters. The fourth-order valence-corrected chi connectivity index (χ4v) is 2.88. The third-order valence-corrected chi connectivity index (χ3v) is 4.02. The highest BCUT2D eigenvalue weighted by Crippen LogP contribution is 2.28. The predicted octanol–water partition coefficient (Wildman–Crippen LogP) is 4.34. The molecule has 4 heteroatoms. The van der Waals surface area contributed by atoms with E-state index in [1.54, 1.807) is 7.11 Å². The second-order valence-electron chi connectivity index (χ2n) is 5.46. The zero-order valence-corrected chi connectivity index (χ0v) is 12.8. The number of nitrogens with one attached hydrogen (secondary N) is 2. The van der Waals surface area contributed by atoms with Crippen LogP contribution in [0.3, 0.4) is 0 Å². The van der Waals surface area contributed by atoms with Crippen LogP contribution in [0.4, 0.5) is 5.82 Å². The number of rotatable bonds is 4. The van der Waals surface area contributed by atoms with Crippen LogP contribution >= 0.6 is 0 Å². The minimum atomic E-state index is 0.693. The maximum absolute atomic E-state index is 5.27. The molecular weight excluding hydrogens is 286 g/mol. The van der Waals surface area contributed by atoms with Gasteiger partial charge in [-0.3, -0.25) is 0 Å². The lowest BCUT2D eigenvalue weighted by Crippen LogP contribution is -2.02. The van der Waals surface area contributed by atoms with E-state index in [0.29, 0.717) is 6.54 Å². The average molecular weight is 303 g/mol. The quantitative estimate of drug-likeness (QED) is 0.590. The summed E-state index contributed by atoms with van der Waals surface area (Å²) in [7, 11) is 1.68. The van der Waals surface area contributed by atoms with Crippen molar-refractivity contribution >= 4 is 27.6 Å². The van der Waals surface area contributed by atoms with Gasteiger partial charge in [-0.05, 0) is 29.8 Å². The first kappa shape index (κ1) is 13.6. The molecule has 114 valence electrons. The Morgan fingerprint density at radius 1 is 1.04 bits per heavy atom. The van der Waals surface area contributed by atoms with Gasteiger partial charge in [-0.15, -0.1) is 0 Å². The Morgan fingerprint density at radius 3 is 2.87 bits per heavy atom. The molecule has 0 saturated heterocycles. The van der Waals surface area contributed by atoms with Crippen molar-refractivity contribution in [3.8, 4) is 5.75 Å². The molecule has 2 N–H and O–H groups in total. The number of aromatic nitrogens is 2. The summed E-state index contributed by atoms with van der Waals surface area (Å²) in [6.45, 7) is 0.693. The number of para-hydroxylation sites is 1. The second kappa shape index (κ2) is 5.65. The smallest absolute Gasteiger partial charge is 0.150 e. The molecule has 0 saturated carbocycles. The Labute approximate surface area is 134 Å². The van der Waals surface area contributed by atoms with Gasteiger partial charge in [0.15, 0.2) is 5.82 Å². The van der Waals surface area contributed by atoms with Crippen LogP contribution in [-0.2, 0) is 6.54 Å². The summed E-state index contributed by atoms with van der Waals surface area (Å²) in [5.74, 6) is 1.72. The number of methoxy groups -OCH3 is 1. The lowest BCUT2D eigenvalue weighted by atomic mass is 10.2. The van der Waals surface area contributed by atoms with E-state index in [2.05, 4.69) is 39.6 Å². The van der Waals surface area contributed by atoms with Crippen molar-refractivity contribution in [1.29, 1.82) is 0 Å². The normalized spacial score (nSPS) is 11.0. The van der Waals surface area contributed by atoms with Crippen molar-refractivity contribution in [2.24, 2.45) is 0 Å². The molecule has 0 aliphatic rings. The molecule has 4 nitrogen and oxygen atoms in total. The molecule has 0 radical (unpaired) electrons. The van der Waals surface area contributed by atoms with Crippen molar-refractivity contribution in [1.82, 2.24) is 9.97 Å².